The van der Waals surface area contributed by atoms with Crippen molar-refractivity contribution in [2.75, 3.05) is 7.11 Å². The van der Waals surface area contributed by atoms with E-state index in [-0.39, 0.29) is 23.9 Å². The van der Waals surface area contributed by atoms with Gasteiger partial charge >= 0.3 is 0 Å². The number of pyridine rings is 1. The molecule has 2 rings (SSSR count). The summed E-state index contributed by atoms with van der Waals surface area (Å²) in [6.45, 7) is 8.23. The first-order valence-corrected chi connectivity index (χ1v) is 8.79. The zero-order chi connectivity index (χ0) is 18.4. The summed E-state index contributed by atoms with van der Waals surface area (Å²) in [6.07, 6.45) is 4.00. The number of benzene rings is 1. The van der Waals surface area contributed by atoms with Gasteiger partial charge in [0, 0.05) is 36.8 Å². The highest BCUT2D eigenvalue weighted by Crippen LogP contribution is 2.31. The van der Waals surface area contributed by atoms with Gasteiger partial charge in [-0.2, -0.15) is 0 Å². The van der Waals surface area contributed by atoms with Gasteiger partial charge in [-0.25, -0.2) is 0 Å². The molecule has 0 saturated carbocycles. The summed E-state index contributed by atoms with van der Waals surface area (Å²) < 4.78 is 5.36. The molecule has 0 N–H and O–H groups in total. The molecule has 1 amide bonds. The van der Waals surface area contributed by atoms with Gasteiger partial charge in [-0.1, -0.05) is 18.2 Å². The number of carbonyl (C=O) groups excluding carboxylic acids is 1. The molecule has 1 heterocycles. The van der Waals surface area contributed by atoms with E-state index < -0.39 is 0 Å². The van der Waals surface area contributed by atoms with Crippen LogP contribution >= 0.6 is 0 Å². The zero-order valence-electron chi connectivity index (χ0n) is 15.8. The summed E-state index contributed by atoms with van der Waals surface area (Å²) in [5.74, 6) is 0.904. The molecule has 0 bridgehead atoms. The lowest BCUT2D eigenvalue weighted by Crippen LogP contribution is -2.42. The zero-order valence-corrected chi connectivity index (χ0v) is 15.8. The van der Waals surface area contributed by atoms with Crippen LogP contribution in [0.15, 0.2) is 48.8 Å². The summed E-state index contributed by atoms with van der Waals surface area (Å²) in [7, 11) is 1.66. The Labute approximate surface area is 150 Å². The highest BCUT2D eigenvalue weighted by atomic mass is 16.5. The van der Waals surface area contributed by atoms with Gasteiger partial charge in [0.15, 0.2) is 0 Å². The second kappa shape index (κ2) is 8.65. The van der Waals surface area contributed by atoms with Crippen molar-refractivity contribution in [2.45, 2.75) is 52.1 Å². The molecule has 1 aromatic heterocycles. The standard InChI is InChI=1S/C21H28N2O2/c1-15(2)23(16(3)4)21(24)13-20(18-9-7-11-22-14-18)17-8-6-10-19(12-17)25-5/h6-12,14-16,20H,13H2,1-5H3. The largest absolute Gasteiger partial charge is 0.497 e. The van der Waals surface area contributed by atoms with E-state index >= 15 is 0 Å². The van der Waals surface area contributed by atoms with Gasteiger partial charge in [-0.05, 0) is 57.0 Å². The van der Waals surface area contributed by atoms with Crippen LogP contribution < -0.4 is 4.74 Å². The van der Waals surface area contributed by atoms with Crippen molar-refractivity contribution in [1.82, 2.24) is 9.88 Å². The maximum absolute atomic E-state index is 13.0. The Bertz CT molecular complexity index is 675. The molecule has 0 fully saturated rings. The summed E-state index contributed by atoms with van der Waals surface area (Å²) in [6, 6.07) is 12.2. The van der Waals surface area contributed by atoms with Gasteiger partial charge in [0.2, 0.25) is 5.91 Å². The van der Waals surface area contributed by atoms with Crippen LogP contribution in [0.2, 0.25) is 0 Å². The molecule has 0 aliphatic carbocycles. The maximum atomic E-state index is 13.0. The fourth-order valence-corrected chi connectivity index (χ4v) is 3.32. The first-order chi connectivity index (χ1) is 11.9. The number of hydrogen-bond donors (Lipinski definition) is 0. The minimum atomic E-state index is -0.0451. The van der Waals surface area contributed by atoms with E-state index in [0.29, 0.717) is 6.42 Å². The third-order valence-corrected chi connectivity index (χ3v) is 4.36. The first kappa shape index (κ1) is 19.0. The lowest BCUT2D eigenvalue weighted by molar-refractivity contribution is -0.135. The maximum Gasteiger partial charge on any atom is 0.223 e. The molecule has 0 aliphatic heterocycles. The summed E-state index contributed by atoms with van der Waals surface area (Å²) in [5.41, 5.74) is 2.10. The normalized spacial score (nSPS) is 12.3. The van der Waals surface area contributed by atoms with Crippen LogP contribution in [0.4, 0.5) is 0 Å². The van der Waals surface area contributed by atoms with Gasteiger partial charge in [-0.15, -0.1) is 0 Å². The van der Waals surface area contributed by atoms with Crippen molar-refractivity contribution in [1.29, 1.82) is 0 Å². The molecule has 4 heteroatoms. The number of aromatic nitrogens is 1. The number of hydrogen-bond acceptors (Lipinski definition) is 3. The highest BCUT2D eigenvalue weighted by Gasteiger charge is 2.25. The average Bonchev–Trinajstić information content (AvgIpc) is 2.59. The average molecular weight is 340 g/mol. The van der Waals surface area contributed by atoms with E-state index in [0.717, 1.165) is 16.9 Å². The van der Waals surface area contributed by atoms with E-state index in [1.807, 2.05) is 47.5 Å². The predicted molar refractivity (Wildman–Crippen MR) is 101 cm³/mol. The highest BCUT2D eigenvalue weighted by molar-refractivity contribution is 5.78. The molecular formula is C21H28N2O2. The lowest BCUT2D eigenvalue weighted by Gasteiger charge is -2.32. The molecule has 25 heavy (non-hydrogen) atoms. The molecule has 1 aromatic carbocycles. The molecule has 4 nitrogen and oxygen atoms in total. The molecule has 0 spiro atoms. The monoisotopic (exact) mass is 340 g/mol. The van der Waals surface area contributed by atoms with Gasteiger partial charge < -0.3 is 9.64 Å². The number of nitrogens with zero attached hydrogens (tertiary/aromatic N) is 2. The van der Waals surface area contributed by atoms with E-state index in [4.69, 9.17) is 4.74 Å². The first-order valence-electron chi connectivity index (χ1n) is 8.79. The Balaban J connectivity index is 2.37. The van der Waals surface area contributed by atoms with Crippen molar-refractivity contribution in [2.24, 2.45) is 0 Å². The number of amides is 1. The van der Waals surface area contributed by atoms with Crippen LogP contribution in [-0.2, 0) is 4.79 Å². The Kier molecular flexibility index (Phi) is 6.57. The number of methoxy groups -OCH3 is 1. The second-order valence-electron chi connectivity index (χ2n) is 6.81. The quantitative estimate of drug-likeness (QED) is 0.756. The number of ether oxygens (including phenoxy) is 1. The Morgan fingerprint density at radius 3 is 2.32 bits per heavy atom. The van der Waals surface area contributed by atoms with Crippen LogP contribution in [0.5, 0.6) is 5.75 Å². The van der Waals surface area contributed by atoms with Crippen molar-refractivity contribution < 1.29 is 9.53 Å². The summed E-state index contributed by atoms with van der Waals surface area (Å²) in [5, 5.41) is 0. The van der Waals surface area contributed by atoms with Crippen molar-refractivity contribution in [3.63, 3.8) is 0 Å². The van der Waals surface area contributed by atoms with Crippen LogP contribution in [0, 0.1) is 0 Å². The van der Waals surface area contributed by atoms with Crippen molar-refractivity contribution >= 4 is 5.91 Å². The molecule has 1 unspecified atom stereocenters. The number of carbonyl (C=O) groups is 1. The van der Waals surface area contributed by atoms with E-state index in [9.17, 15) is 4.79 Å². The third-order valence-electron chi connectivity index (χ3n) is 4.36. The fourth-order valence-electron chi connectivity index (χ4n) is 3.32. The van der Waals surface area contributed by atoms with Crippen molar-refractivity contribution in [3.8, 4) is 5.75 Å². The van der Waals surface area contributed by atoms with Crippen LogP contribution in [0.1, 0.15) is 51.2 Å². The summed E-state index contributed by atoms with van der Waals surface area (Å²) in [4.78, 5) is 19.2. The molecule has 134 valence electrons. The molecule has 0 radical (unpaired) electrons. The SMILES string of the molecule is COc1cccc(C(CC(=O)N(C(C)C)C(C)C)c2cccnc2)c1. The van der Waals surface area contributed by atoms with Crippen molar-refractivity contribution in [3.05, 3.63) is 59.9 Å². The van der Waals surface area contributed by atoms with Gasteiger partial charge in [0.25, 0.3) is 0 Å². The Hall–Kier alpha value is -2.36. The molecule has 2 aromatic rings. The Morgan fingerprint density at radius 1 is 1.08 bits per heavy atom. The van der Waals surface area contributed by atoms with Crippen LogP contribution in [-0.4, -0.2) is 35.0 Å². The smallest absolute Gasteiger partial charge is 0.223 e. The lowest BCUT2D eigenvalue weighted by atomic mass is 9.88. The van der Waals surface area contributed by atoms with E-state index in [1.165, 1.54) is 0 Å². The van der Waals surface area contributed by atoms with E-state index in [2.05, 4.69) is 32.7 Å². The van der Waals surface area contributed by atoms with Crippen LogP contribution in [0.3, 0.4) is 0 Å². The molecular weight excluding hydrogens is 312 g/mol. The fraction of sp³-hybridized carbons (Fsp3) is 0.429. The predicted octanol–water partition coefficient (Wildman–Crippen LogP) is 4.26. The minimum Gasteiger partial charge on any atom is -0.497 e. The van der Waals surface area contributed by atoms with Gasteiger partial charge in [0.1, 0.15) is 5.75 Å². The van der Waals surface area contributed by atoms with Crippen LogP contribution in [0.25, 0.3) is 0 Å². The third kappa shape index (κ3) is 4.81. The van der Waals surface area contributed by atoms with Gasteiger partial charge in [-0.3, -0.25) is 9.78 Å². The second-order valence-corrected chi connectivity index (χ2v) is 6.81. The number of rotatable bonds is 7. The minimum absolute atomic E-state index is 0.0451. The van der Waals surface area contributed by atoms with Gasteiger partial charge in [0.05, 0.1) is 7.11 Å². The molecule has 1 atom stereocenters. The topological polar surface area (TPSA) is 42.4 Å². The Morgan fingerprint density at radius 2 is 1.76 bits per heavy atom. The molecule has 0 aliphatic rings. The summed E-state index contributed by atoms with van der Waals surface area (Å²) >= 11 is 0. The van der Waals surface area contributed by atoms with E-state index in [1.54, 1.807) is 13.3 Å². The molecule has 0 saturated heterocycles.